The Morgan fingerprint density at radius 3 is 2.77 bits per heavy atom. The van der Waals surface area contributed by atoms with E-state index in [9.17, 15) is 14.9 Å². The van der Waals surface area contributed by atoms with Gasteiger partial charge in [0.2, 0.25) is 6.41 Å². The second kappa shape index (κ2) is 6.80. The standard InChI is InChI=1S/C15H17N3O4/c1-21-10-6-11-14(13(7-10)22-2)12(8-16)18(15(11)20)5-3-4-17-9-19/h6-7,9,12H,3-5H2,1-2H3,(H,17,19). The van der Waals surface area contributed by atoms with Gasteiger partial charge in [-0.2, -0.15) is 5.26 Å². The van der Waals surface area contributed by atoms with E-state index >= 15 is 0 Å². The van der Waals surface area contributed by atoms with Crippen molar-refractivity contribution in [2.75, 3.05) is 27.3 Å². The third-order valence-electron chi connectivity index (χ3n) is 3.57. The summed E-state index contributed by atoms with van der Waals surface area (Å²) in [5.41, 5.74) is 0.991. The van der Waals surface area contributed by atoms with Crippen molar-refractivity contribution < 1.29 is 19.1 Å². The number of benzene rings is 1. The van der Waals surface area contributed by atoms with Crippen LogP contribution in [0.1, 0.15) is 28.4 Å². The molecule has 2 amide bonds. The third kappa shape index (κ3) is 2.68. The fourth-order valence-electron chi connectivity index (χ4n) is 2.55. The minimum absolute atomic E-state index is 0.232. The average Bonchev–Trinajstić information content (AvgIpc) is 2.82. The first-order valence-electron chi connectivity index (χ1n) is 6.81. The predicted octanol–water partition coefficient (Wildman–Crippen LogP) is 0.860. The fourth-order valence-corrected chi connectivity index (χ4v) is 2.55. The van der Waals surface area contributed by atoms with Crippen molar-refractivity contribution in [2.45, 2.75) is 12.5 Å². The minimum Gasteiger partial charge on any atom is -0.497 e. The molecule has 0 saturated carbocycles. The molecule has 1 atom stereocenters. The molecule has 0 fully saturated rings. The molecule has 1 unspecified atom stereocenters. The van der Waals surface area contributed by atoms with Crippen LogP contribution in [0.25, 0.3) is 0 Å². The van der Waals surface area contributed by atoms with Crippen LogP contribution in [0.3, 0.4) is 0 Å². The van der Waals surface area contributed by atoms with Crippen molar-refractivity contribution in [3.63, 3.8) is 0 Å². The lowest BCUT2D eigenvalue weighted by atomic mass is 10.0. The van der Waals surface area contributed by atoms with Gasteiger partial charge in [-0.25, -0.2) is 0 Å². The van der Waals surface area contributed by atoms with E-state index in [1.807, 2.05) is 0 Å². The molecular formula is C15H17N3O4. The summed E-state index contributed by atoms with van der Waals surface area (Å²) in [6.07, 6.45) is 1.17. The number of amides is 2. The summed E-state index contributed by atoms with van der Waals surface area (Å²) < 4.78 is 10.5. The SMILES string of the molecule is COc1cc(OC)c2c(c1)C(=O)N(CCCNC=O)C2C#N. The van der Waals surface area contributed by atoms with Gasteiger partial charge in [0, 0.05) is 24.7 Å². The van der Waals surface area contributed by atoms with Gasteiger partial charge in [-0.15, -0.1) is 0 Å². The van der Waals surface area contributed by atoms with E-state index in [4.69, 9.17) is 9.47 Å². The van der Waals surface area contributed by atoms with Gasteiger partial charge in [-0.3, -0.25) is 9.59 Å². The molecule has 1 N–H and O–H groups in total. The molecule has 1 heterocycles. The number of nitrogens with zero attached hydrogens (tertiary/aromatic N) is 2. The molecule has 0 aromatic heterocycles. The molecule has 22 heavy (non-hydrogen) atoms. The molecule has 1 aromatic rings. The number of hydrogen-bond donors (Lipinski definition) is 1. The number of methoxy groups -OCH3 is 2. The molecule has 1 aliphatic rings. The summed E-state index contributed by atoms with van der Waals surface area (Å²) in [6.45, 7) is 0.820. The van der Waals surface area contributed by atoms with Gasteiger partial charge in [0.25, 0.3) is 5.91 Å². The van der Waals surface area contributed by atoms with Gasteiger partial charge < -0.3 is 19.7 Å². The Bertz CT molecular complexity index is 624. The van der Waals surface area contributed by atoms with Crippen LogP contribution in [0.5, 0.6) is 11.5 Å². The van der Waals surface area contributed by atoms with Crippen molar-refractivity contribution in [3.05, 3.63) is 23.3 Å². The maximum Gasteiger partial charge on any atom is 0.255 e. The Kier molecular flexibility index (Phi) is 4.84. The highest BCUT2D eigenvalue weighted by Gasteiger charge is 2.39. The van der Waals surface area contributed by atoms with Crippen molar-refractivity contribution >= 4 is 12.3 Å². The minimum atomic E-state index is -0.695. The van der Waals surface area contributed by atoms with E-state index in [0.717, 1.165) is 0 Å². The van der Waals surface area contributed by atoms with E-state index in [0.29, 0.717) is 48.5 Å². The number of ether oxygens (including phenoxy) is 2. The van der Waals surface area contributed by atoms with E-state index in [-0.39, 0.29) is 5.91 Å². The molecule has 0 saturated heterocycles. The van der Waals surface area contributed by atoms with Crippen LogP contribution in [0.15, 0.2) is 12.1 Å². The number of carbonyl (C=O) groups is 2. The number of nitriles is 1. The van der Waals surface area contributed by atoms with E-state index in [1.165, 1.54) is 19.1 Å². The summed E-state index contributed by atoms with van der Waals surface area (Å²) in [5, 5.41) is 12.0. The summed E-state index contributed by atoms with van der Waals surface area (Å²) >= 11 is 0. The summed E-state index contributed by atoms with van der Waals surface area (Å²) in [6, 6.07) is 4.73. The molecule has 2 rings (SSSR count). The molecule has 7 heteroatoms. The molecule has 0 spiro atoms. The van der Waals surface area contributed by atoms with Crippen LogP contribution >= 0.6 is 0 Å². The van der Waals surface area contributed by atoms with Crippen LogP contribution in [-0.2, 0) is 4.79 Å². The molecule has 116 valence electrons. The Morgan fingerprint density at radius 1 is 1.41 bits per heavy atom. The largest absolute Gasteiger partial charge is 0.497 e. The normalized spacial score (nSPS) is 16.0. The summed E-state index contributed by atoms with van der Waals surface area (Å²) in [5.74, 6) is 0.734. The first-order valence-corrected chi connectivity index (χ1v) is 6.81. The number of fused-ring (bicyclic) bond motifs is 1. The third-order valence-corrected chi connectivity index (χ3v) is 3.57. The van der Waals surface area contributed by atoms with Crippen molar-refractivity contribution in [1.82, 2.24) is 10.2 Å². The van der Waals surface area contributed by atoms with Gasteiger partial charge in [0.05, 0.1) is 25.9 Å². The monoisotopic (exact) mass is 303 g/mol. The van der Waals surface area contributed by atoms with Crippen LogP contribution < -0.4 is 14.8 Å². The molecule has 0 radical (unpaired) electrons. The van der Waals surface area contributed by atoms with Crippen LogP contribution in [-0.4, -0.2) is 44.5 Å². The van der Waals surface area contributed by atoms with E-state index in [1.54, 1.807) is 12.1 Å². The second-order valence-electron chi connectivity index (χ2n) is 4.75. The van der Waals surface area contributed by atoms with Crippen molar-refractivity contribution in [2.24, 2.45) is 0 Å². The lowest BCUT2D eigenvalue weighted by Crippen LogP contribution is -2.30. The molecular weight excluding hydrogens is 286 g/mol. The number of carbonyl (C=O) groups excluding carboxylic acids is 2. The first-order chi connectivity index (χ1) is 10.7. The number of hydrogen-bond acceptors (Lipinski definition) is 5. The maximum atomic E-state index is 12.5. The quantitative estimate of drug-likeness (QED) is 0.596. The fraction of sp³-hybridized carbons (Fsp3) is 0.400. The summed E-state index contributed by atoms with van der Waals surface area (Å²) in [4.78, 5) is 24.3. The zero-order valence-electron chi connectivity index (χ0n) is 12.5. The first kappa shape index (κ1) is 15.6. The van der Waals surface area contributed by atoms with Gasteiger partial charge >= 0.3 is 0 Å². The van der Waals surface area contributed by atoms with E-state index in [2.05, 4.69) is 11.4 Å². The van der Waals surface area contributed by atoms with Crippen molar-refractivity contribution in [3.8, 4) is 17.6 Å². The Morgan fingerprint density at radius 2 is 2.18 bits per heavy atom. The smallest absolute Gasteiger partial charge is 0.255 e. The van der Waals surface area contributed by atoms with Crippen LogP contribution in [0, 0.1) is 11.3 Å². The van der Waals surface area contributed by atoms with Crippen LogP contribution in [0.4, 0.5) is 0 Å². The topological polar surface area (TPSA) is 91.7 Å². The molecule has 7 nitrogen and oxygen atoms in total. The lowest BCUT2D eigenvalue weighted by Gasteiger charge is -2.20. The van der Waals surface area contributed by atoms with Gasteiger partial charge in [0.15, 0.2) is 0 Å². The zero-order chi connectivity index (χ0) is 16.1. The molecule has 1 aliphatic heterocycles. The lowest BCUT2D eigenvalue weighted by molar-refractivity contribution is -0.109. The highest BCUT2D eigenvalue weighted by molar-refractivity contribution is 6.01. The maximum absolute atomic E-state index is 12.5. The molecule has 0 bridgehead atoms. The number of nitrogens with one attached hydrogen (secondary N) is 1. The molecule has 0 aliphatic carbocycles. The van der Waals surface area contributed by atoms with Crippen molar-refractivity contribution in [1.29, 1.82) is 5.26 Å². The number of rotatable bonds is 7. The predicted molar refractivity (Wildman–Crippen MR) is 77.6 cm³/mol. The highest BCUT2D eigenvalue weighted by Crippen LogP contribution is 2.41. The summed E-state index contributed by atoms with van der Waals surface area (Å²) in [7, 11) is 3.00. The Labute approximate surface area is 128 Å². The Balaban J connectivity index is 2.32. The zero-order valence-corrected chi connectivity index (χ0v) is 12.5. The van der Waals surface area contributed by atoms with Gasteiger partial charge in [-0.1, -0.05) is 0 Å². The Hall–Kier alpha value is -2.75. The van der Waals surface area contributed by atoms with Gasteiger partial charge in [0.1, 0.15) is 17.5 Å². The average molecular weight is 303 g/mol. The highest BCUT2D eigenvalue weighted by atomic mass is 16.5. The van der Waals surface area contributed by atoms with Gasteiger partial charge in [-0.05, 0) is 12.5 Å². The second-order valence-corrected chi connectivity index (χ2v) is 4.75. The van der Waals surface area contributed by atoms with Crippen LogP contribution in [0.2, 0.25) is 0 Å². The molecule has 1 aromatic carbocycles. The van der Waals surface area contributed by atoms with E-state index < -0.39 is 6.04 Å².